The van der Waals surface area contributed by atoms with E-state index >= 15 is 0 Å². The molecule has 0 aliphatic heterocycles. The Labute approximate surface area is 124 Å². The topological polar surface area (TPSA) is 46.6 Å². The van der Waals surface area contributed by atoms with Crippen molar-refractivity contribution in [1.82, 2.24) is 4.90 Å². The number of hydrogen-bond acceptors (Lipinski definition) is 3. The third-order valence-electron chi connectivity index (χ3n) is 3.12. The molecular weight excluding hydrogens is 266 g/mol. The molecule has 1 aliphatic rings. The Balaban J connectivity index is 2.32. The first-order valence-electron chi connectivity index (χ1n) is 6.72. The molecule has 0 spiro atoms. The number of carbonyl (C=O) groups is 2. The van der Waals surface area contributed by atoms with E-state index in [4.69, 9.17) is 4.74 Å². The van der Waals surface area contributed by atoms with E-state index < -0.39 is 11.7 Å². The van der Waals surface area contributed by atoms with Crippen LogP contribution in [0.15, 0.2) is 42.6 Å². The van der Waals surface area contributed by atoms with Gasteiger partial charge in [-0.1, -0.05) is 30.8 Å². The van der Waals surface area contributed by atoms with Crippen LogP contribution in [0.4, 0.5) is 4.79 Å². The number of rotatable bonds is 1. The quantitative estimate of drug-likeness (QED) is 0.791. The van der Waals surface area contributed by atoms with Crippen LogP contribution in [0.3, 0.4) is 0 Å². The minimum atomic E-state index is -0.593. The number of ether oxygens (including phenoxy) is 1. The summed E-state index contributed by atoms with van der Waals surface area (Å²) in [6, 6.07) is 7.23. The van der Waals surface area contributed by atoms with Crippen LogP contribution in [0.5, 0.6) is 0 Å². The fourth-order valence-electron chi connectivity index (χ4n) is 2.12. The molecule has 0 fully saturated rings. The lowest BCUT2D eigenvalue weighted by Crippen LogP contribution is -2.35. The van der Waals surface area contributed by atoms with E-state index in [0.29, 0.717) is 16.8 Å². The molecule has 4 heteroatoms. The van der Waals surface area contributed by atoms with E-state index in [1.165, 1.54) is 11.0 Å². The molecule has 0 aromatic heterocycles. The molecule has 0 heterocycles. The van der Waals surface area contributed by atoms with Gasteiger partial charge in [0, 0.05) is 18.7 Å². The number of ketones is 1. The largest absolute Gasteiger partial charge is 0.443 e. The van der Waals surface area contributed by atoms with Crippen LogP contribution >= 0.6 is 0 Å². The van der Waals surface area contributed by atoms with Crippen molar-refractivity contribution in [3.05, 3.63) is 53.7 Å². The number of amides is 1. The van der Waals surface area contributed by atoms with Gasteiger partial charge in [-0.3, -0.25) is 9.69 Å². The SMILES string of the molecule is C=C1C(N(C)C(=O)OC(C)(C)C)=CC(=O)c2ccccc21. The number of allylic oxidation sites excluding steroid dienone is 2. The van der Waals surface area contributed by atoms with Crippen LogP contribution in [-0.2, 0) is 4.74 Å². The summed E-state index contributed by atoms with van der Waals surface area (Å²) < 4.78 is 5.32. The molecule has 1 amide bonds. The van der Waals surface area contributed by atoms with Crippen molar-refractivity contribution in [2.75, 3.05) is 7.05 Å². The van der Waals surface area contributed by atoms with Gasteiger partial charge >= 0.3 is 6.09 Å². The Morgan fingerprint density at radius 2 is 1.76 bits per heavy atom. The molecule has 1 aliphatic carbocycles. The molecule has 21 heavy (non-hydrogen) atoms. The van der Waals surface area contributed by atoms with Crippen LogP contribution in [0.25, 0.3) is 5.57 Å². The van der Waals surface area contributed by atoms with E-state index in [-0.39, 0.29) is 5.78 Å². The highest BCUT2D eigenvalue weighted by Gasteiger charge is 2.28. The monoisotopic (exact) mass is 285 g/mol. The van der Waals surface area contributed by atoms with Crippen molar-refractivity contribution in [2.45, 2.75) is 26.4 Å². The lowest BCUT2D eigenvalue weighted by atomic mass is 9.90. The van der Waals surface area contributed by atoms with Gasteiger partial charge in [0.25, 0.3) is 0 Å². The van der Waals surface area contributed by atoms with E-state index in [2.05, 4.69) is 6.58 Å². The Kier molecular flexibility index (Phi) is 3.73. The van der Waals surface area contributed by atoms with Gasteiger partial charge in [-0.15, -0.1) is 0 Å². The van der Waals surface area contributed by atoms with E-state index in [1.807, 2.05) is 12.1 Å². The predicted octanol–water partition coefficient (Wildman–Crippen LogP) is 3.65. The highest BCUT2D eigenvalue weighted by atomic mass is 16.6. The maximum absolute atomic E-state index is 12.2. The average Bonchev–Trinajstić information content (AvgIpc) is 2.40. The first kappa shape index (κ1) is 15.0. The summed E-state index contributed by atoms with van der Waals surface area (Å²) in [4.78, 5) is 25.6. The summed E-state index contributed by atoms with van der Waals surface area (Å²) in [5, 5.41) is 0. The molecule has 1 aromatic carbocycles. The second kappa shape index (κ2) is 5.20. The maximum atomic E-state index is 12.2. The molecule has 0 atom stereocenters. The minimum Gasteiger partial charge on any atom is -0.443 e. The first-order valence-corrected chi connectivity index (χ1v) is 6.72. The Morgan fingerprint density at radius 1 is 1.19 bits per heavy atom. The third-order valence-corrected chi connectivity index (χ3v) is 3.12. The second-order valence-corrected chi connectivity index (χ2v) is 5.96. The molecule has 0 radical (unpaired) electrons. The average molecular weight is 285 g/mol. The van der Waals surface area contributed by atoms with Crippen molar-refractivity contribution in [2.24, 2.45) is 0 Å². The van der Waals surface area contributed by atoms with E-state index in [0.717, 1.165) is 5.56 Å². The van der Waals surface area contributed by atoms with Crippen LogP contribution in [0.1, 0.15) is 36.7 Å². The van der Waals surface area contributed by atoms with Crippen LogP contribution in [0.2, 0.25) is 0 Å². The zero-order valence-corrected chi connectivity index (χ0v) is 12.8. The smallest absolute Gasteiger partial charge is 0.414 e. The van der Waals surface area contributed by atoms with Crippen molar-refractivity contribution in [1.29, 1.82) is 0 Å². The molecule has 0 bridgehead atoms. The van der Waals surface area contributed by atoms with Gasteiger partial charge in [0.2, 0.25) is 0 Å². The maximum Gasteiger partial charge on any atom is 0.414 e. The van der Waals surface area contributed by atoms with Crippen LogP contribution in [-0.4, -0.2) is 29.4 Å². The van der Waals surface area contributed by atoms with Gasteiger partial charge in [-0.05, 0) is 31.9 Å². The van der Waals surface area contributed by atoms with Crippen molar-refractivity contribution in [3.63, 3.8) is 0 Å². The summed E-state index contributed by atoms with van der Waals surface area (Å²) in [7, 11) is 1.58. The second-order valence-electron chi connectivity index (χ2n) is 5.96. The number of benzene rings is 1. The highest BCUT2D eigenvalue weighted by molar-refractivity contribution is 6.13. The van der Waals surface area contributed by atoms with Gasteiger partial charge in [0.05, 0.1) is 5.70 Å². The zero-order valence-electron chi connectivity index (χ0n) is 12.8. The summed E-state index contributed by atoms with van der Waals surface area (Å²) >= 11 is 0. The minimum absolute atomic E-state index is 0.136. The highest BCUT2D eigenvalue weighted by Crippen LogP contribution is 2.32. The number of nitrogens with zero attached hydrogens (tertiary/aromatic N) is 1. The molecule has 4 nitrogen and oxygen atoms in total. The van der Waals surface area contributed by atoms with E-state index in [9.17, 15) is 9.59 Å². The van der Waals surface area contributed by atoms with E-state index in [1.54, 1.807) is 40.0 Å². The summed E-state index contributed by atoms with van der Waals surface area (Å²) in [5.74, 6) is -0.136. The number of likely N-dealkylation sites (N-methyl/N-ethyl adjacent to an activating group) is 1. The molecule has 0 saturated carbocycles. The van der Waals surface area contributed by atoms with Gasteiger partial charge in [-0.25, -0.2) is 4.79 Å². The van der Waals surface area contributed by atoms with Crippen LogP contribution < -0.4 is 0 Å². The van der Waals surface area contributed by atoms with Gasteiger partial charge in [0.15, 0.2) is 5.78 Å². The Hall–Kier alpha value is -2.36. The number of carbonyl (C=O) groups excluding carboxylic acids is 2. The van der Waals surface area contributed by atoms with Crippen molar-refractivity contribution < 1.29 is 14.3 Å². The fourth-order valence-corrected chi connectivity index (χ4v) is 2.12. The molecular formula is C17H19NO3. The molecule has 0 saturated heterocycles. The van der Waals surface area contributed by atoms with Gasteiger partial charge in [-0.2, -0.15) is 0 Å². The number of fused-ring (bicyclic) bond motifs is 1. The predicted molar refractivity (Wildman–Crippen MR) is 81.9 cm³/mol. The standard InChI is InChI=1S/C17H19NO3/c1-11-12-8-6-7-9-13(12)15(19)10-14(11)18(5)16(20)21-17(2,3)4/h6-10H,1H2,2-5H3. The molecule has 0 N–H and O–H groups in total. The lowest BCUT2D eigenvalue weighted by molar-refractivity contribution is 0.0360. The lowest BCUT2D eigenvalue weighted by Gasteiger charge is -2.29. The third kappa shape index (κ3) is 3.05. The summed E-state index contributed by atoms with van der Waals surface area (Å²) in [6.45, 7) is 9.39. The fraction of sp³-hybridized carbons (Fsp3) is 0.294. The van der Waals surface area contributed by atoms with Crippen molar-refractivity contribution in [3.8, 4) is 0 Å². The summed E-state index contributed by atoms with van der Waals surface area (Å²) in [5.41, 5.74) is 1.86. The molecule has 1 aromatic rings. The van der Waals surface area contributed by atoms with Gasteiger partial charge < -0.3 is 4.74 Å². The Morgan fingerprint density at radius 3 is 2.33 bits per heavy atom. The molecule has 0 unspecified atom stereocenters. The molecule has 2 rings (SSSR count). The summed E-state index contributed by atoms with van der Waals surface area (Å²) in [6.07, 6.45) is 0.913. The first-order chi connectivity index (χ1) is 9.70. The van der Waals surface area contributed by atoms with Gasteiger partial charge in [0.1, 0.15) is 5.60 Å². The van der Waals surface area contributed by atoms with Crippen LogP contribution in [0, 0.1) is 0 Å². The van der Waals surface area contributed by atoms with Crippen molar-refractivity contribution >= 4 is 17.4 Å². The normalized spacial score (nSPS) is 14.4. The Bertz CT molecular complexity index is 650. The number of hydrogen-bond donors (Lipinski definition) is 0. The molecule has 110 valence electrons. The zero-order chi connectivity index (χ0) is 15.8.